The van der Waals surface area contributed by atoms with Crippen molar-refractivity contribution < 1.29 is 0 Å². The number of nitrogens with one attached hydrogen (secondary N) is 1. The molecule has 1 atom stereocenters. The van der Waals surface area contributed by atoms with Crippen LogP contribution < -0.4 is 5.32 Å². The van der Waals surface area contributed by atoms with Gasteiger partial charge in [0.2, 0.25) is 0 Å². The monoisotopic (exact) mass is 263 g/mol. The summed E-state index contributed by atoms with van der Waals surface area (Å²) in [7, 11) is 0. The maximum Gasteiger partial charge on any atom is 0.0406 e. The second-order valence-electron chi connectivity index (χ2n) is 4.55. The van der Waals surface area contributed by atoms with Crippen LogP contribution in [-0.2, 0) is 13.0 Å². The molecule has 0 aliphatic carbocycles. The third-order valence-electron chi connectivity index (χ3n) is 3.16. The van der Waals surface area contributed by atoms with Crippen LogP contribution >= 0.6 is 22.9 Å². The Morgan fingerprint density at radius 3 is 2.82 bits per heavy atom. The van der Waals surface area contributed by atoms with E-state index in [1.165, 1.54) is 20.9 Å². The standard InChI is InChI=1S/C14H14ClNS/c1-9-6-13-11(8-16-9)7-14(17-13)10-2-4-12(15)5-3-10/h2-5,7,9,16H,6,8H2,1H3. The fourth-order valence-electron chi connectivity index (χ4n) is 2.18. The molecular formula is C14H14ClNS. The number of halogens is 1. The highest BCUT2D eigenvalue weighted by molar-refractivity contribution is 7.15. The van der Waals surface area contributed by atoms with E-state index in [0.717, 1.165) is 18.0 Å². The van der Waals surface area contributed by atoms with Crippen LogP contribution in [0.25, 0.3) is 10.4 Å². The molecule has 1 N–H and O–H groups in total. The van der Waals surface area contributed by atoms with Gasteiger partial charge in [0.1, 0.15) is 0 Å². The molecule has 0 saturated carbocycles. The summed E-state index contributed by atoms with van der Waals surface area (Å²) in [4.78, 5) is 2.88. The van der Waals surface area contributed by atoms with Gasteiger partial charge in [0.05, 0.1) is 0 Å². The van der Waals surface area contributed by atoms with E-state index < -0.39 is 0 Å². The average molecular weight is 264 g/mol. The Kier molecular flexibility index (Phi) is 2.95. The molecule has 3 heteroatoms. The molecule has 0 bridgehead atoms. The van der Waals surface area contributed by atoms with E-state index in [1.54, 1.807) is 0 Å². The van der Waals surface area contributed by atoms with E-state index in [1.807, 2.05) is 23.5 Å². The van der Waals surface area contributed by atoms with Gasteiger partial charge in [-0.3, -0.25) is 0 Å². The minimum absolute atomic E-state index is 0.596. The molecule has 1 nitrogen and oxygen atoms in total. The Morgan fingerprint density at radius 1 is 1.29 bits per heavy atom. The van der Waals surface area contributed by atoms with Crippen LogP contribution in [-0.4, -0.2) is 6.04 Å². The maximum atomic E-state index is 5.91. The van der Waals surface area contributed by atoms with Crippen molar-refractivity contribution in [2.75, 3.05) is 0 Å². The molecule has 17 heavy (non-hydrogen) atoms. The fraction of sp³-hybridized carbons (Fsp3) is 0.286. The number of hydrogen-bond donors (Lipinski definition) is 1. The summed E-state index contributed by atoms with van der Waals surface area (Å²) in [5.74, 6) is 0. The quantitative estimate of drug-likeness (QED) is 0.817. The first-order chi connectivity index (χ1) is 8.22. The number of hydrogen-bond acceptors (Lipinski definition) is 2. The molecule has 0 saturated heterocycles. The van der Waals surface area contributed by atoms with E-state index in [0.29, 0.717) is 6.04 Å². The van der Waals surface area contributed by atoms with Gasteiger partial charge in [-0.05, 0) is 42.7 Å². The van der Waals surface area contributed by atoms with Gasteiger partial charge in [0, 0.05) is 27.4 Å². The second kappa shape index (κ2) is 4.45. The molecule has 1 aromatic heterocycles. The molecule has 0 amide bonds. The summed E-state index contributed by atoms with van der Waals surface area (Å²) in [5, 5.41) is 4.29. The van der Waals surface area contributed by atoms with Crippen molar-refractivity contribution in [2.24, 2.45) is 0 Å². The van der Waals surface area contributed by atoms with Crippen molar-refractivity contribution in [3.05, 3.63) is 45.8 Å². The lowest BCUT2D eigenvalue weighted by atomic mass is 10.1. The van der Waals surface area contributed by atoms with Crippen LogP contribution in [0, 0.1) is 0 Å². The predicted octanol–water partition coefficient (Wildman–Crippen LogP) is 4.10. The van der Waals surface area contributed by atoms with Crippen LogP contribution in [0.4, 0.5) is 0 Å². The molecular weight excluding hydrogens is 250 g/mol. The smallest absolute Gasteiger partial charge is 0.0406 e. The maximum absolute atomic E-state index is 5.91. The molecule has 3 rings (SSSR count). The Balaban J connectivity index is 1.97. The van der Waals surface area contributed by atoms with Crippen LogP contribution in [0.3, 0.4) is 0 Å². The molecule has 2 heterocycles. The van der Waals surface area contributed by atoms with E-state index in [2.05, 4.69) is 30.4 Å². The van der Waals surface area contributed by atoms with Crippen molar-refractivity contribution in [1.82, 2.24) is 5.32 Å². The van der Waals surface area contributed by atoms with Crippen LogP contribution in [0.15, 0.2) is 30.3 Å². The normalized spacial score (nSPS) is 19.1. The lowest BCUT2D eigenvalue weighted by Gasteiger charge is -2.19. The van der Waals surface area contributed by atoms with Gasteiger partial charge in [0.15, 0.2) is 0 Å². The highest BCUT2D eigenvalue weighted by atomic mass is 35.5. The predicted molar refractivity (Wildman–Crippen MR) is 74.8 cm³/mol. The molecule has 1 aliphatic heterocycles. The average Bonchev–Trinajstić information content (AvgIpc) is 2.72. The van der Waals surface area contributed by atoms with Crippen LogP contribution in [0.2, 0.25) is 5.02 Å². The van der Waals surface area contributed by atoms with Crippen LogP contribution in [0.5, 0.6) is 0 Å². The third-order valence-corrected chi connectivity index (χ3v) is 4.66. The van der Waals surface area contributed by atoms with Gasteiger partial charge < -0.3 is 5.32 Å². The molecule has 0 radical (unpaired) electrons. The molecule has 0 fully saturated rings. The summed E-state index contributed by atoms with van der Waals surface area (Å²) >= 11 is 7.83. The lowest BCUT2D eigenvalue weighted by molar-refractivity contribution is 0.520. The zero-order valence-corrected chi connectivity index (χ0v) is 11.2. The Hall–Kier alpha value is -0.830. The Bertz CT molecular complexity index is 530. The fourth-order valence-corrected chi connectivity index (χ4v) is 3.62. The minimum Gasteiger partial charge on any atom is -0.310 e. The topological polar surface area (TPSA) is 12.0 Å². The summed E-state index contributed by atoms with van der Waals surface area (Å²) < 4.78 is 0. The first kappa shape index (κ1) is 11.3. The van der Waals surface area contributed by atoms with Gasteiger partial charge >= 0.3 is 0 Å². The summed E-state index contributed by atoms with van der Waals surface area (Å²) in [5.41, 5.74) is 2.72. The van der Waals surface area contributed by atoms with E-state index in [4.69, 9.17) is 11.6 Å². The van der Waals surface area contributed by atoms with Crippen molar-refractivity contribution in [1.29, 1.82) is 0 Å². The van der Waals surface area contributed by atoms with Gasteiger partial charge in [-0.2, -0.15) is 0 Å². The molecule has 0 spiro atoms. The number of thiophene rings is 1. The van der Waals surface area contributed by atoms with Gasteiger partial charge in [-0.15, -0.1) is 11.3 Å². The first-order valence-electron chi connectivity index (χ1n) is 5.83. The van der Waals surface area contributed by atoms with Gasteiger partial charge in [-0.1, -0.05) is 23.7 Å². The number of fused-ring (bicyclic) bond motifs is 1. The van der Waals surface area contributed by atoms with Crippen molar-refractivity contribution in [3.63, 3.8) is 0 Å². The van der Waals surface area contributed by atoms with E-state index >= 15 is 0 Å². The Labute approximate surface area is 110 Å². The summed E-state index contributed by atoms with van der Waals surface area (Å²) in [6, 6.07) is 11.0. The number of benzene rings is 1. The second-order valence-corrected chi connectivity index (χ2v) is 6.13. The zero-order chi connectivity index (χ0) is 11.8. The van der Waals surface area contributed by atoms with Crippen molar-refractivity contribution in [2.45, 2.75) is 25.9 Å². The molecule has 1 unspecified atom stereocenters. The summed E-state index contributed by atoms with van der Waals surface area (Å²) in [6.07, 6.45) is 1.15. The SMILES string of the molecule is CC1Cc2sc(-c3ccc(Cl)cc3)cc2CN1. The lowest BCUT2D eigenvalue weighted by Crippen LogP contribution is -2.31. The van der Waals surface area contributed by atoms with Crippen LogP contribution in [0.1, 0.15) is 17.4 Å². The van der Waals surface area contributed by atoms with Gasteiger partial charge in [0.25, 0.3) is 0 Å². The van der Waals surface area contributed by atoms with Crippen molar-refractivity contribution in [3.8, 4) is 10.4 Å². The molecule has 2 aromatic rings. The molecule has 1 aliphatic rings. The largest absolute Gasteiger partial charge is 0.310 e. The van der Waals surface area contributed by atoms with Gasteiger partial charge in [-0.25, -0.2) is 0 Å². The minimum atomic E-state index is 0.596. The number of rotatable bonds is 1. The molecule has 88 valence electrons. The zero-order valence-electron chi connectivity index (χ0n) is 9.66. The highest BCUT2D eigenvalue weighted by Crippen LogP contribution is 2.34. The first-order valence-corrected chi connectivity index (χ1v) is 7.03. The van der Waals surface area contributed by atoms with E-state index in [9.17, 15) is 0 Å². The Morgan fingerprint density at radius 2 is 2.06 bits per heavy atom. The van der Waals surface area contributed by atoms with Crippen molar-refractivity contribution >= 4 is 22.9 Å². The molecule has 1 aromatic carbocycles. The van der Waals surface area contributed by atoms with E-state index in [-0.39, 0.29) is 0 Å². The summed E-state index contributed by atoms with van der Waals surface area (Å²) in [6.45, 7) is 3.24. The third kappa shape index (κ3) is 2.25. The highest BCUT2D eigenvalue weighted by Gasteiger charge is 2.17.